The number of hydrogen-bond donors (Lipinski definition) is 0. The second-order valence-electron chi connectivity index (χ2n) is 7.28. The summed E-state index contributed by atoms with van der Waals surface area (Å²) < 4.78 is 2.06. The highest BCUT2D eigenvalue weighted by Crippen LogP contribution is 2.25. The van der Waals surface area contributed by atoms with Crippen molar-refractivity contribution in [3.05, 3.63) is 77.4 Å². The van der Waals surface area contributed by atoms with Crippen molar-refractivity contribution in [3.63, 3.8) is 0 Å². The smallest absolute Gasteiger partial charge is 0.232 e. The van der Waals surface area contributed by atoms with Crippen molar-refractivity contribution < 1.29 is 4.79 Å². The normalized spacial score (nSPS) is 11.1. The standard InChI is InChI=1S/C24H25N3OS/c1-3-4-14-26(20-8-6-5-7-9-20)23(28)15-21-17-29-24-25-22(16-27(21)24)19-12-10-18(2)11-13-19/h5-13,16-17H,3-4,14-15H2,1-2H3. The molecule has 0 N–H and O–H groups in total. The summed E-state index contributed by atoms with van der Waals surface area (Å²) in [5.41, 5.74) is 5.21. The molecule has 2 heterocycles. The van der Waals surface area contributed by atoms with Gasteiger partial charge in [-0.15, -0.1) is 11.3 Å². The van der Waals surface area contributed by atoms with E-state index < -0.39 is 0 Å². The van der Waals surface area contributed by atoms with Crippen LogP contribution in [-0.2, 0) is 11.2 Å². The van der Waals surface area contributed by atoms with Gasteiger partial charge in [-0.05, 0) is 25.5 Å². The Morgan fingerprint density at radius 1 is 1.10 bits per heavy atom. The first kappa shape index (κ1) is 19.4. The monoisotopic (exact) mass is 403 g/mol. The van der Waals surface area contributed by atoms with E-state index in [-0.39, 0.29) is 5.91 Å². The number of amides is 1. The summed E-state index contributed by atoms with van der Waals surface area (Å²) in [6, 6.07) is 18.3. The number of thiazole rings is 1. The van der Waals surface area contributed by atoms with Crippen molar-refractivity contribution >= 4 is 27.9 Å². The van der Waals surface area contributed by atoms with E-state index in [9.17, 15) is 4.79 Å². The highest BCUT2D eigenvalue weighted by atomic mass is 32.1. The van der Waals surface area contributed by atoms with Crippen LogP contribution in [0.3, 0.4) is 0 Å². The molecule has 4 aromatic rings. The molecule has 2 aromatic heterocycles. The van der Waals surface area contributed by atoms with Crippen molar-refractivity contribution in [1.29, 1.82) is 0 Å². The van der Waals surface area contributed by atoms with Gasteiger partial charge in [0.05, 0.1) is 12.1 Å². The molecule has 0 saturated heterocycles. The fourth-order valence-corrected chi connectivity index (χ4v) is 4.27. The minimum Gasteiger partial charge on any atom is -0.312 e. The molecule has 0 fully saturated rings. The van der Waals surface area contributed by atoms with E-state index in [4.69, 9.17) is 4.98 Å². The fraction of sp³-hybridized carbons (Fsp3) is 0.250. The van der Waals surface area contributed by atoms with Crippen molar-refractivity contribution in [3.8, 4) is 11.3 Å². The Balaban J connectivity index is 1.59. The number of anilines is 1. The highest BCUT2D eigenvalue weighted by molar-refractivity contribution is 7.15. The average Bonchev–Trinajstić information content (AvgIpc) is 3.32. The van der Waals surface area contributed by atoms with Gasteiger partial charge in [-0.3, -0.25) is 9.20 Å². The Labute approximate surface area is 175 Å². The van der Waals surface area contributed by atoms with Gasteiger partial charge in [0.2, 0.25) is 5.91 Å². The van der Waals surface area contributed by atoms with Crippen LogP contribution >= 0.6 is 11.3 Å². The maximum Gasteiger partial charge on any atom is 0.232 e. The predicted molar refractivity (Wildman–Crippen MR) is 121 cm³/mol. The zero-order valence-electron chi connectivity index (χ0n) is 16.8. The number of carbonyl (C=O) groups is 1. The summed E-state index contributed by atoms with van der Waals surface area (Å²) in [7, 11) is 0. The molecular weight excluding hydrogens is 378 g/mol. The quantitative estimate of drug-likeness (QED) is 0.394. The molecule has 0 aliphatic rings. The Hall–Kier alpha value is -2.92. The number of aromatic nitrogens is 2. The molecular formula is C24H25N3OS. The maximum atomic E-state index is 13.2. The Morgan fingerprint density at radius 2 is 1.86 bits per heavy atom. The number of benzene rings is 2. The first-order chi connectivity index (χ1) is 14.2. The number of nitrogens with zero attached hydrogens (tertiary/aromatic N) is 3. The first-order valence-electron chi connectivity index (χ1n) is 10.0. The molecule has 4 nitrogen and oxygen atoms in total. The van der Waals surface area contributed by atoms with Crippen molar-refractivity contribution in [2.75, 3.05) is 11.4 Å². The van der Waals surface area contributed by atoms with Crippen LogP contribution in [0.5, 0.6) is 0 Å². The largest absolute Gasteiger partial charge is 0.312 e. The van der Waals surface area contributed by atoms with Gasteiger partial charge in [-0.25, -0.2) is 4.98 Å². The average molecular weight is 404 g/mol. The van der Waals surface area contributed by atoms with Gasteiger partial charge in [0, 0.05) is 35.1 Å². The van der Waals surface area contributed by atoms with Crippen LogP contribution in [0.25, 0.3) is 16.2 Å². The van der Waals surface area contributed by atoms with Crippen LogP contribution in [0.2, 0.25) is 0 Å². The van der Waals surface area contributed by atoms with Crippen LogP contribution in [0.4, 0.5) is 5.69 Å². The number of imidazole rings is 1. The number of para-hydroxylation sites is 1. The molecule has 0 radical (unpaired) electrons. The Bertz CT molecular complexity index is 1100. The molecule has 0 bridgehead atoms. The molecule has 0 atom stereocenters. The van der Waals surface area contributed by atoms with E-state index in [0.717, 1.165) is 47.0 Å². The van der Waals surface area contributed by atoms with E-state index in [2.05, 4.69) is 42.5 Å². The Morgan fingerprint density at radius 3 is 2.59 bits per heavy atom. The fourth-order valence-electron chi connectivity index (χ4n) is 3.39. The molecule has 2 aromatic carbocycles. The molecule has 0 unspecified atom stereocenters. The van der Waals surface area contributed by atoms with E-state index >= 15 is 0 Å². The molecule has 5 heteroatoms. The van der Waals surface area contributed by atoms with Gasteiger partial charge in [-0.1, -0.05) is 61.4 Å². The summed E-state index contributed by atoms with van der Waals surface area (Å²) in [5, 5.41) is 2.04. The third kappa shape index (κ3) is 4.25. The van der Waals surface area contributed by atoms with E-state index in [1.807, 2.05) is 46.8 Å². The molecule has 0 aliphatic heterocycles. The van der Waals surface area contributed by atoms with Crippen LogP contribution in [0.1, 0.15) is 31.0 Å². The predicted octanol–water partition coefficient (Wildman–Crippen LogP) is 5.75. The summed E-state index contributed by atoms with van der Waals surface area (Å²) in [4.78, 5) is 20.7. The van der Waals surface area contributed by atoms with Crippen molar-refractivity contribution in [2.24, 2.45) is 0 Å². The zero-order chi connectivity index (χ0) is 20.2. The zero-order valence-corrected chi connectivity index (χ0v) is 17.7. The Kier molecular flexibility index (Phi) is 5.76. The molecule has 0 aliphatic carbocycles. The summed E-state index contributed by atoms with van der Waals surface area (Å²) in [6.07, 6.45) is 4.45. The van der Waals surface area contributed by atoms with E-state index in [1.165, 1.54) is 5.56 Å². The molecule has 148 valence electrons. The second kappa shape index (κ2) is 8.62. The number of aryl methyl sites for hydroxylation is 1. The SMILES string of the molecule is CCCCN(C(=O)Cc1csc2nc(-c3ccc(C)cc3)cn12)c1ccccc1. The second-order valence-corrected chi connectivity index (χ2v) is 8.12. The summed E-state index contributed by atoms with van der Waals surface area (Å²) >= 11 is 1.58. The third-order valence-corrected chi connectivity index (χ3v) is 5.96. The number of fused-ring (bicyclic) bond motifs is 1. The lowest BCUT2D eigenvalue weighted by Gasteiger charge is -2.22. The lowest BCUT2D eigenvalue weighted by Crippen LogP contribution is -2.33. The minimum absolute atomic E-state index is 0.120. The van der Waals surface area contributed by atoms with Gasteiger partial charge < -0.3 is 4.90 Å². The molecule has 0 spiro atoms. The topological polar surface area (TPSA) is 37.6 Å². The number of unbranched alkanes of at least 4 members (excludes halogenated alkanes) is 1. The minimum atomic E-state index is 0.120. The van der Waals surface area contributed by atoms with Crippen molar-refractivity contribution in [2.45, 2.75) is 33.1 Å². The van der Waals surface area contributed by atoms with Crippen molar-refractivity contribution in [1.82, 2.24) is 9.38 Å². The maximum absolute atomic E-state index is 13.2. The highest BCUT2D eigenvalue weighted by Gasteiger charge is 2.18. The van der Waals surface area contributed by atoms with Gasteiger partial charge in [0.1, 0.15) is 0 Å². The van der Waals surface area contributed by atoms with Gasteiger partial charge in [0.25, 0.3) is 0 Å². The van der Waals surface area contributed by atoms with Crippen LogP contribution in [0, 0.1) is 6.92 Å². The summed E-state index contributed by atoms with van der Waals surface area (Å²) in [5.74, 6) is 0.120. The molecule has 0 saturated carbocycles. The third-order valence-electron chi connectivity index (χ3n) is 5.07. The van der Waals surface area contributed by atoms with E-state index in [1.54, 1.807) is 11.3 Å². The lowest BCUT2D eigenvalue weighted by molar-refractivity contribution is -0.118. The van der Waals surface area contributed by atoms with Gasteiger partial charge in [0.15, 0.2) is 4.96 Å². The lowest BCUT2D eigenvalue weighted by atomic mass is 10.1. The van der Waals surface area contributed by atoms with Crippen LogP contribution < -0.4 is 4.90 Å². The number of rotatable bonds is 7. The van der Waals surface area contributed by atoms with Crippen LogP contribution in [-0.4, -0.2) is 21.8 Å². The van der Waals surface area contributed by atoms with Crippen LogP contribution in [0.15, 0.2) is 66.2 Å². The number of hydrogen-bond acceptors (Lipinski definition) is 3. The van der Waals surface area contributed by atoms with Gasteiger partial charge in [-0.2, -0.15) is 0 Å². The summed E-state index contributed by atoms with van der Waals surface area (Å²) in [6.45, 7) is 4.97. The molecule has 29 heavy (non-hydrogen) atoms. The van der Waals surface area contributed by atoms with E-state index in [0.29, 0.717) is 6.42 Å². The molecule has 4 rings (SSSR count). The molecule has 1 amide bonds. The number of carbonyl (C=O) groups excluding carboxylic acids is 1. The first-order valence-corrected chi connectivity index (χ1v) is 10.9. The van der Waals surface area contributed by atoms with Gasteiger partial charge >= 0.3 is 0 Å².